The van der Waals surface area contributed by atoms with Crippen LogP contribution in [-0.2, 0) is 11.3 Å². The van der Waals surface area contributed by atoms with Crippen molar-refractivity contribution >= 4 is 11.8 Å². The quantitative estimate of drug-likeness (QED) is 0.871. The van der Waals surface area contributed by atoms with Gasteiger partial charge in [-0.1, -0.05) is 32.9 Å². The second-order valence-electron chi connectivity index (χ2n) is 8.81. The Kier molecular flexibility index (Phi) is 5.37. The number of carbonyl (C=O) groups is 2. The maximum absolute atomic E-state index is 12.8. The first kappa shape index (κ1) is 18.9. The number of hydrogen-bond acceptors (Lipinski definition) is 3. The van der Waals surface area contributed by atoms with Crippen LogP contribution in [0.4, 0.5) is 0 Å². The number of amides is 2. The number of nitrogens with zero attached hydrogens (tertiary/aromatic N) is 1. The number of nitrogens with one attached hydrogen (secondary N) is 2. The zero-order chi connectivity index (χ0) is 18.9. The molecule has 0 spiro atoms. The van der Waals surface area contributed by atoms with E-state index < -0.39 is 5.41 Å². The molecule has 2 saturated heterocycles. The van der Waals surface area contributed by atoms with E-state index in [0.717, 1.165) is 18.4 Å². The first-order chi connectivity index (χ1) is 12.2. The van der Waals surface area contributed by atoms with E-state index in [1.54, 1.807) is 0 Å². The van der Waals surface area contributed by atoms with Gasteiger partial charge in [0.15, 0.2) is 0 Å². The standard InChI is InChI=1S/C21H31N3O2/c1-21(2,3)20(26)22-13-14-5-7-15(8-6-14)19(25)24(4)18-11-16-9-10-17(12-18)23-16/h5-8,16-18,23H,9-13H2,1-4H3,(H,22,26). The number of benzene rings is 1. The zero-order valence-electron chi connectivity index (χ0n) is 16.3. The van der Waals surface area contributed by atoms with Crippen LogP contribution in [0.5, 0.6) is 0 Å². The smallest absolute Gasteiger partial charge is 0.253 e. The maximum atomic E-state index is 12.8. The molecule has 3 rings (SSSR count). The average molecular weight is 357 g/mol. The van der Waals surface area contributed by atoms with Crippen molar-refractivity contribution in [3.05, 3.63) is 35.4 Å². The summed E-state index contributed by atoms with van der Waals surface area (Å²) in [7, 11) is 1.93. The minimum Gasteiger partial charge on any atom is -0.352 e. The highest BCUT2D eigenvalue weighted by molar-refractivity contribution is 5.94. The molecule has 0 radical (unpaired) electrons. The fourth-order valence-corrected chi connectivity index (χ4v) is 3.93. The molecule has 2 amide bonds. The summed E-state index contributed by atoms with van der Waals surface area (Å²) in [5, 5.41) is 6.56. The lowest BCUT2D eigenvalue weighted by Crippen LogP contribution is -2.48. The van der Waals surface area contributed by atoms with Crippen LogP contribution >= 0.6 is 0 Å². The van der Waals surface area contributed by atoms with Gasteiger partial charge in [-0.3, -0.25) is 9.59 Å². The molecule has 0 saturated carbocycles. The van der Waals surface area contributed by atoms with Crippen molar-refractivity contribution in [3.63, 3.8) is 0 Å². The summed E-state index contributed by atoms with van der Waals surface area (Å²) in [4.78, 5) is 26.7. The number of fused-ring (bicyclic) bond motifs is 2. The van der Waals surface area contributed by atoms with Gasteiger partial charge >= 0.3 is 0 Å². The Bertz CT molecular complexity index is 651. The van der Waals surface area contributed by atoms with Crippen LogP contribution in [0.2, 0.25) is 0 Å². The predicted molar refractivity (Wildman–Crippen MR) is 103 cm³/mol. The van der Waals surface area contributed by atoms with Gasteiger partial charge in [0, 0.05) is 42.7 Å². The van der Waals surface area contributed by atoms with Crippen molar-refractivity contribution in [2.75, 3.05) is 7.05 Å². The zero-order valence-corrected chi connectivity index (χ0v) is 16.3. The molecular formula is C21H31N3O2. The van der Waals surface area contributed by atoms with Crippen molar-refractivity contribution in [3.8, 4) is 0 Å². The van der Waals surface area contributed by atoms with Crippen LogP contribution in [0, 0.1) is 5.41 Å². The van der Waals surface area contributed by atoms with Crippen molar-refractivity contribution in [1.29, 1.82) is 0 Å². The molecule has 2 unspecified atom stereocenters. The Balaban J connectivity index is 1.57. The summed E-state index contributed by atoms with van der Waals surface area (Å²) in [6.45, 7) is 6.17. The Morgan fingerprint density at radius 3 is 2.23 bits per heavy atom. The highest BCUT2D eigenvalue weighted by Gasteiger charge is 2.36. The first-order valence-corrected chi connectivity index (χ1v) is 9.64. The first-order valence-electron chi connectivity index (χ1n) is 9.64. The third-order valence-electron chi connectivity index (χ3n) is 5.65. The molecule has 2 bridgehead atoms. The van der Waals surface area contributed by atoms with Crippen LogP contribution in [0.25, 0.3) is 0 Å². The molecule has 1 aromatic carbocycles. The van der Waals surface area contributed by atoms with Crippen LogP contribution < -0.4 is 10.6 Å². The second-order valence-corrected chi connectivity index (χ2v) is 8.81. The lowest BCUT2D eigenvalue weighted by molar-refractivity contribution is -0.128. The van der Waals surface area contributed by atoms with E-state index in [9.17, 15) is 9.59 Å². The maximum Gasteiger partial charge on any atom is 0.253 e. The average Bonchev–Trinajstić information content (AvgIpc) is 2.95. The Morgan fingerprint density at radius 1 is 1.12 bits per heavy atom. The van der Waals surface area contributed by atoms with Crippen LogP contribution in [0.1, 0.15) is 62.4 Å². The molecular weight excluding hydrogens is 326 g/mol. The molecule has 26 heavy (non-hydrogen) atoms. The minimum atomic E-state index is -0.396. The van der Waals surface area contributed by atoms with Gasteiger partial charge in [-0.2, -0.15) is 0 Å². The third kappa shape index (κ3) is 4.26. The number of piperidine rings is 1. The Hall–Kier alpha value is -1.88. The van der Waals surface area contributed by atoms with Gasteiger partial charge in [0.25, 0.3) is 5.91 Å². The molecule has 2 aliphatic heterocycles. The summed E-state index contributed by atoms with van der Waals surface area (Å²) in [6.07, 6.45) is 4.57. The fourth-order valence-electron chi connectivity index (χ4n) is 3.93. The third-order valence-corrected chi connectivity index (χ3v) is 5.65. The number of hydrogen-bond donors (Lipinski definition) is 2. The van der Waals surface area contributed by atoms with Crippen molar-refractivity contribution in [2.24, 2.45) is 5.41 Å². The summed E-state index contributed by atoms with van der Waals surface area (Å²) in [5.74, 6) is 0.111. The molecule has 1 aromatic rings. The van der Waals surface area contributed by atoms with Gasteiger partial charge < -0.3 is 15.5 Å². The fraction of sp³-hybridized carbons (Fsp3) is 0.619. The van der Waals surface area contributed by atoms with E-state index in [0.29, 0.717) is 30.2 Å². The molecule has 2 atom stereocenters. The van der Waals surface area contributed by atoms with Gasteiger partial charge in [0.05, 0.1) is 0 Å². The molecule has 2 N–H and O–H groups in total. The Morgan fingerprint density at radius 2 is 1.69 bits per heavy atom. The highest BCUT2D eigenvalue weighted by Crippen LogP contribution is 2.29. The van der Waals surface area contributed by atoms with Gasteiger partial charge in [0.2, 0.25) is 5.91 Å². The van der Waals surface area contributed by atoms with Gasteiger partial charge in [-0.25, -0.2) is 0 Å². The number of rotatable bonds is 4. The van der Waals surface area contributed by atoms with E-state index in [-0.39, 0.29) is 11.8 Å². The molecule has 2 aliphatic rings. The van der Waals surface area contributed by atoms with Gasteiger partial charge in [-0.05, 0) is 43.4 Å². The molecule has 0 aromatic heterocycles. The summed E-state index contributed by atoms with van der Waals surface area (Å²) < 4.78 is 0. The molecule has 142 valence electrons. The van der Waals surface area contributed by atoms with Crippen molar-refractivity contribution in [2.45, 2.75) is 71.1 Å². The van der Waals surface area contributed by atoms with Gasteiger partial charge in [-0.15, -0.1) is 0 Å². The second kappa shape index (κ2) is 7.39. The molecule has 2 heterocycles. The van der Waals surface area contributed by atoms with Gasteiger partial charge in [0.1, 0.15) is 0 Å². The molecule has 5 nitrogen and oxygen atoms in total. The Labute approximate surface area is 156 Å². The summed E-state index contributed by atoms with van der Waals surface area (Å²) in [6, 6.07) is 9.06. The lowest BCUT2D eigenvalue weighted by Gasteiger charge is -2.35. The SMILES string of the molecule is CN(C(=O)c1ccc(CNC(=O)C(C)(C)C)cc1)C1CC2CCC(C1)N2. The molecule has 0 aliphatic carbocycles. The van der Waals surface area contributed by atoms with E-state index >= 15 is 0 Å². The lowest BCUT2D eigenvalue weighted by atomic mass is 9.95. The minimum absolute atomic E-state index is 0.0259. The summed E-state index contributed by atoms with van der Waals surface area (Å²) >= 11 is 0. The predicted octanol–water partition coefficient (Wildman–Crippen LogP) is 2.70. The summed E-state index contributed by atoms with van der Waals surface area (Å²) in [5.41, 5.74) is 1.32. The van der Waals surface area contributed by atoms with E-state index in [1.807, 2.05) is 57.0 Å². The van der Waals surface area contributed by atoms with E-state index in [4.69, 9.17) is 0 Å². The van der Waals surface area contributed by atoms with Crippen LogP contribution in [0.15, 0.2) is 24.3 Å². The topological polar surface area (TPSA) is 61.4 Å². The van der Waals surface area contributed by atoms with Crippen LogP contribution in [0.3, 0.4) is 0 Å². The number of carbonyl (C=O) groups excluding carboxylic acids is 2. The highest BCUT2D eigenvalue weighted by atomic mass is 16.2. The van der Waals surface area contributed by atoms with Crippen molar-refractivity contribution in [1.82, 2.24) is 15.5 Å². The monoisotopic (exact) mass is 357 g/mol. The van der Waals surface area contributed by atoms with Crippen LogP contribution in [-0.4, -0.2) is 41.9 Å². The normalized spacial score (nSPS) is 25.0. The molecule has 2 fully saturated rings. The van der Waals surface area contributed by atoms with E-state index in [1.165, 1.54) is 12.8 Å². The molecule has 5 heteroatoms. The van der Waals surface area contributed by atoms with E-state index in [2.05, 4.69) is 10.6 Å². The largest absolute Gasteiger partial charge is 0.352 e. The van der Waals surface area contributed by atoms with Crippen molar-refractivity contribution < 1.29 is 9.59 Å².